The second-order valence-electron chi connectivity index (χ2n) is 5.39. The van der Waals surface area contributed by atoms with Crippen LogP contribution in [0.2, 0.25) is 0 Å². The summed E-state index contributed by atoms with van der Waals surface area (Å²) in [5, 5.41) is 14.0. The second-order valence-corrected chi connectivity index (χ2v) is 5.39. The van der Waals surface area contributed by atoms with Gasteiger partial charge in [0, 0.05) is 18.7 Å². The van der Waals surface area contributed by atoms with Gasteiger partial charge in [0.05, 0.1) is 19.1 Å². The van der Waals surface area contributed by atoms with Crippen LogP contribution in [0, 0.1) is 0 Å². The molecule has 1 aliphatic carbocycles. The SMILES string of the molecule is COc1ccc(Cc2noc(C3CCCCC3O)n2)cn1. The Morgan fingerprint density at radius 3 is 2.90 bits per heavy atom. The molecule has 112 valence electrons. The van der Waals surface area contributed by atoms with Crippen molar-refractivity contribution in [1.82, 2.24) is 15.1 Å². The van der Waals surface area contributed by atoms with Crippen LogP contribution in [0.3, 0.4) is 0 Å². The number of hydrogen-bond acceptors (Lipinski definition) is 6. The van der Waals surface area contributed by atoms with Gasteiger partial charge in [-0.05, 0) is 18.4 Å². The first-order valence-electron chi connectivity index (χ1n) is 7.25. The summed E-state index contributed by atoms with van der Waals surface area (Å²) >= 11 is 0. The Bertz CT molecular complexity index is 582. The fourth-order valence-corrected chi connectivity index (χ4v) is 2.71. The van der Waals surface area contributed by atoms with Gasteiger partial charge in [0.25, 0.3) is 0 Å². The molecule has 1 saturated carbocycles. The molecule has 6 heteroatoms. The minimum atomic E-state index is -0.366. The third-order valence-electron chi connectivity index (χ3n) is 3.90. The van der Waals surface area contributed by atoms with Crippen molar-refractivity contribution in [3.63, 3.8) is 0 Å². The molecular formula is C15H19N3O3. The highest BCUT2D eigenvalue weighted by Crippen LogP contribution is 2.32. The summed E-state index contributed by atoms with van der Waals surface area (Å²) < 4.78 is 10.4. The Morgan fingerprint density at radius 2 is 2.19 bits per heavy atom. The second kappa shape index (κ2) is 6.22. The van der Waals surface area contributed by atoms with Crippen LogP contribution < -0.4 is 4.74 Å². The zero-order valence-electron chi connectivity index (χ0n) is 12.0. The third kappa shape index (κ3) is 3.21. The summed E-state index contributed by atoms with van der Waals surface area (Å²) in [6.45, 7) is 0. The van der Waals surface area contributed by atoms with E-state index in [-0.39, 0.29) is 12.0 Å². The van der Waals surface area contributed by atoms with Crippen LogP contribution in [0.4, 0.5) is 0 Å². The van der Waals surface area contributed by atoms with Crippen molar-refractivity contribution >= 4 is 0 Å². The van der Waals surface area contributed by atoms with Crippen molar-refractivity contribution in [2.45, 2.75) is 44.1 Å². The molecule has 2 aromatic rings. The lowest BCUT2D eigenvalue weighted by molar-refractivity contribution is 0.0908. The van der Waals surface area contributed by atoms with Crippen molar-refractivity contribution in [1.29, 1.82) is 0 Å². The average molecular weight is 289 g/mol. The molecule has 0 bridgehead atoms. The number of pyridine rings is 1. The molecule has 0 aromatic carbocycles. The number of aromatic nitrogens is 3. The summed E-state index contributed by atoms with van der Waals surface area (Å²) in [5.41, 5.74) is 0.993. The van der Waals surface area contributed by atoms with Gasteiger partial charge in [0.1, 0.15) is 0 Å². The van der Waals surface area contributed by atoms with E-state index in [2.05, 4.69) is 15.1 Å². The van der Waals surface area contributed by atoms with Crippen LogP contribution in [-0.4, -0.2) is 33.4 Å². The lowest BCUT2D eigenvalue weighted by Gasteiger charge is -2.24. The molecule has 0 saturated heterocycles. The molecule has 2 unspecified atom stereocenters. The van der Waals surface area contributed by atoms with Crippen molar-refractivity contribution in [2.24, 2.45) is 0 Å². The number of ether oxygens (including phenoxy) is 1. The Morgan fingerprint density at radius 1 is 1.33 bits per heavy atom. The Labute approximate surface area is 123 Å². The third-order valence-corrected chi connectivity index (χ3v) is 3.90. The van der Waals surface area contributed by atoms with E-state index in [1.807, 2.05) is 6.07 Å². The molecular weight excluding hydrogens is 270 g/mol. The molecule has 21 heavy (non-hydrogen) atoms. The van der Waals surface area contributed by atoms with Gasteiger partial charge in [-0.25, -0.2) is 4.98 Å². The molecule has 0 spiro atoms. The van der Waals surface area contributed by atoms with Crippen molar-refractivity contribution in [3.05, 3.63) is 35.6 Å². The monoisotopic (exact) mass is 289 g/mol. The molecule has 0 amide bonds. The van der Waals surface area contributed by atoms with E-state index in [0.29, 0.717) is 24.0 Å². The first-order chi connectivity index (χ1) is 10.3. The van der Waals surface area contributed by atoms with Crippen LogP contribution in [-0.2, 0) is 6.42 Å². The molecule has 0 aliphatic heterocycles. The maximum Gasteiger partial charge on any atom is 0.232 e. The highest BCUT2D eigenvalue weighted by molar-refractivity contribution is 5.20. The minimum absolute atomic E-state index is 0.0195. The number of aliphatic hydroxyl groups is 1. The van der Waals surface area contributed by atoms with E-state index in [1.165, 1.54) is 0 Å². The van der Waals surface area contributed by atoms with E-state index in [9.17, 15) is 5.11 Å². The minimum Gasteiger partial charge on any atom is -0.481 e. The van der Waals surface area contributed by atoms with Gasteiger partial charge in [0.15, 0.2) is 5.82 Å². The van der Waals surface area contributed by atoms with E-state index in [1.54, 1.807) is 19.4 Å². The summed E-state index contributed by atoms with van der Waals surface area (Å²) in [7, 11) is 1.59. The molecule has 2 atom stereocenters. The predicted molar refractivity (Wildman–Crippen MR) is 75.1 cm³/mol. The average Bonchev–Trinajstić information content (AvgIpc) is 2.97. The molecule has 2 aromatic heterocycles. The van der Waals surface area contributed by atoms with E-state index in [0.717, 1.165) is 31.2 Å². The summed E-state index contributed by atoms with van der Waals surface area (Å²) in [6, 6.07) is 3.73. The fourth-order valence-electron chi connectivity index (χ4n) is 2.71. The summed E-state index contributed by atoms with van der Waals surface area (Å²) in [6.07, 6.45) is 5.82. The topological polar surface area (TPSA) is 81.3 Å². The first-order valence-corrected chi connectivity index (χ1v) is 7.25. The largest absolute Gasteiger partial charge is 0.481 e. The van der Waals surface area contributed by atoms with E-state index >= 15 is 0 Å². The highest BCUT2D eigenvalue weighted by atomic mass is 16.5. The van der Waals surface area contributed by atoms with Crippen LogP contribution in [0.15, 0.2) is 22.9 Å². The zero-order chi connectivity index (χ0) is 14.7. The molecule has 3 rings (SSSR count). The van der Waals surface area contributed by atoms with Gasteiger partial charge in [0.2, 0.25) is 11.8 Å². The van der Waals surface area contributed by atoms with Crippen molar-refractivity contribution in [2.75, 3.05) is 7.11 Å². The van der Waals surface area contributed by atoms with Crippen LogP contribution in [0.25, 0.3) is 0 Å². The van der Waals surface area contributed by atoms with Crippen LogP contribution >= 0.6 is 0 Å². The Kier molecular flexibility index (Phi) is 4.15. The fraction of sp³-hybridized carbons (Fsp3) is 0.533. The van der Waals surface area contributed by atoms with Gasteiger partial charge >= 0.3 is 0 Å². The van der Waals surface area contributed by atoms with Gasteiger partial charge in [-0.15, -0.1) is 0 Å². The van der Waals surface area contributed by atoms with Crippen LogP contribution in [0.1, 0.15) is 48.9 Å². The highest BCUT2D eigenvalue weighted by Gasteiger charge is 2.29. The van der Waals surface area contributed by atoms with Crippen molar-refractivity contribution in [3.8, 4) is 5.88 Å². The lowest BCUT2D eigenvalue weighted by atomic mass is 9.86. The number of nitrogens with zero attached hydrogens (tertiary/aromatic N) is 3. The van der Waals surface area contributed by atoms with E-state index in [4.69, 9.17) is 9.26 Å². The Balaban J connectivity index is 1.69. The van der Waals surface area contributed by atoms with Gasteiger partial charge < -0.3 is 14.4 Å². The van der Waals surface area contributed by atoms with Crippen LogP contribution in [0.5, 0.6) is 5.88 Å². The Hall–Kier alpha value is -1.95. The van der Waals surface area contributed by atoms with E-state index < -0.39 is 0 Å². The quantitative estimate of drug-likeness (QED) is 0.928. The van der Waals surface area contributed by atoms with Gasteiger partial charge in [-0.3, -0.25) is 0 Å². The molecule has 1 fully saturated rings. The summed E-state index contributed by atoms with van der Waals surface area (Å²) in [5.74, 6) is 1.74. The zero-order valence-corrected chi connectivity index (χ0v) is 12.0. The van der Waals surface area contributed by atoms with Gasteiger partial charge in [-0.1, -0.05) is 24.1 Å². The normalized spacial score (nSPS) is 22.2. The molecule has 1 aliphatic rings. The molecule has 0 radical (unpaired) electrons. The maximum atomic E-state index is 10.0. The predicted octanol–water partition coefficient (Wildman–Crippen LogP) is 2.08. The molecule has 6 nitrogen and oxygen atoms in total. The maximum absolute atomic E-state index is 10.0. The van der Waals surface area contributed by atoms with Gasteiger partial charge in [-0.2, -0.15) is 4.98 Å². The molecule has 2 heterocycles. The molecule has 1 N–H and O–H groups in total. The standard InChI is InChI=1S/C15H19N3O3/c1-20-14-7-6-10(9-16-14)8-13-17-15(21-18-13)11-4-2-3-5-12(11)19/h6-7,9,11-12,19H,2-5,8H2,1H3. The summed E-state index contributed by atoms with van der Waals surface area (Å²) in [4.78, 5) is 8.58. The number of methoxy groups -OCH3 is 1. The number of aliphatic hydroxyl groups excluding tert-OH is 1. The lowest BCUT2D eigenvalue weighted by Crippen LogP contribution is -2.22. The first kappa shape index (κ1) is 14.0. The number of rotatable bonds is 4. The number of hydrogen-bond donors (Lipinski definition) is 1. The smallest absolute Gasteiger partial charge is 0.232 e. The van der Waals surface area contributed by atoms with Crippen molar-refractivity contribution < 1.29 is 14.4 Å².